The predicted octanol–water partition coefficient (Wildman–Crippen LogP) is 6.64. The Labute approximate surface area is 217 Å². The van der Waals surface area contributed by atoms with Gasteiger partial charge in [0.1, 0.15) is 12.4 Å². The fourth-order valence-corrected chi connectivity index (χ4v) is 4.85. The number of benzene rings is 3. The first-order chi connectivity index (χ1) is 16.9. The van der Waals surface area contributed by atoms with Crippen LogP contribution in [0.15, 0.2) is 75.0 Å². The van der Waals surface area contributed by atoms with E-state index in [0.29, 0.717) is 34.8 Å². The van der Waals surface area contributed by atoms with Gasteiger partial charge in [-0.15, -0.1) is 0 Å². The molecule has 1 aliphatic rings. The third-order valence-corrected chi connectivity index (χ3v) is 6.55. The molecule has 0 aliphatic carbocycles. The first kappa shape index (κ1) is 24.9. The van der Waals surface area contributed by atoms with Crippen molar-refractivity contribution in [2.75, 3.05) is 13.7 Å². The molecule has 0 saturated carbocycles. The van der Waals surface area contributed by atoms with Crippen LogP contribution in [0.25, 0.3) is 6.08 Å². The Kier molecular flexibility index (Phi) is 8.15. The van der Waals surface area contributed by atoms with Crippen LogP contribution < -0.4 is 19.5 Å². The van der Waals surface area contributed by atoms with Gasteiger partial charge in [-0.25, -0.2) is 4.99 Å². The molecule has 1 saturated heterocycles. The number of methoxy groups -OCH3 is 1. The molecule has 0 unspecified atom stereocenters. The predicted molar refractivity (Wildman–Crippen MR) is 145 cm³/mol. The van der Waals surface area contributed by atoms with E-state index in [0.717, 1.165) is 27.0 Å². The third kappa shape index (κ3) is 6.46. The monoisotopic (exact) mass is 552 g/mol. The molecule has 0 bridgehead atoms. The molecule has 3 aromatic carbocycles. The van der Waals surface area contributed by atoms with Crippen molar-refractivity contribution in [1.29, 1.82) is 0 Å². The third-order valence-electron chi connectivity index (χ3n) is 5.05. The average Bonchev–Trinajstić information content (AvgIpc) is 3.17. The number of carbonyl (C=O) groups is 1. The van der Waals surface area contributed by atoms with E-state index in [1.54, 1.807) is 7.11 Å². The number of nitrogens with zero attached hydrogens (tertiary/aromatic N) is 1. The molecule has 8 heteroatoms. The van der Waals surface area contributed by atoms with E-state index in [2.05, 4.69) is 45.3 Å². The summed E-state index contributed by atoms with van der Waals surface area (Å²) in [6, 6.07) is 19.3. The molecule has 1 amide bonds. The van der Waals surface area contributed by atoms with E-state index < -0.39 is 0 Å². The van der Waals surface area contributed by atoms with Gasteiger partial charge in [0.2, 0.25) is 0 Å². The number of hydrogen-bond donors (Lipinski definition) is 1. The molecular weight excluding hydrogens is 528 g/mol. The van der Waals surface area contributed by atoms with Crippen LogP contribution in [0.3, 0.4) is 0 Å². The molecule has 1 heterocycles. The van der Waals surface area contributed by atoms with Crippen LogP contribution >= 0.6 is 27.7 Å². The van der Waals surface area contributed by atoms with Gasteiger partial charge in [0.25, 0.3) is 5.91 Å². The lowest BCUT2D eigenvalue weighted by atomic mass is 10.1. The Hall–Kier alpha value is -3.23. The fraction of sp³-hybridized carbons (Fsp3) is 0.185. The van der Waals surface area contributed by atoms with Gasteiger partial charge in [-0.3, -0.25) is 4.79 Å². The number of thioether (sulfide) groups is 1. The topological polar surface area (TPSA) is 69.2 Å². The fourth-order valence-electron chi connectivity index (χ4n) is 3.44. The normalized spacial score (nSPS) is 15.4. The molecule has 3 aromatic rings. The second-order valence-corrected chi connectivity index (χ2v) is 9.61. The first-order valence-corrected chi connectivity index (χ1v) is 12.6. The number of amides is 1. The molecule has 180 valence electrons. The van der Waals surface area contributed by atoms with Gasteiger partial charge < -0.3 is 19.5 Å². The van der Waals surface area contributed by atoms with Crippen molar-refractivity contribution in [3.05, 3.63) is 86.7 Å². The highest BCUT2D eigenvalue weighted by Gasteiger charge is 2.24. The number of aliphatic imine (C=N–C) groups is 1. The second-order valence-electron chi connectivity index (χ2n) is 7.72. The van der Waals surface area contributed by atoms with Crippen molar-refractivity contribution in [3.63, 3.8) is 0 Å². The summed E-state index contributed by atoms with van der Waals surface area (Å²) in [4.78, 5) is 17.6. The largest absolute Gasteiger partial charge is 0.497 e. The zero-order valence-corrected chi connectivity index (χ0v) is 22.0. The van der Waals surface area contributed by atoms with Gasteiger partial charge in [-0.1, -0.05) is 29.8 Å². The molecular formula is C27H25BrN2O4S. The van der Waals surface area contributed by atoms with Crippen molar-refractivity contribution >= 4 is 50.5 Å². The van der Waals surface area contributed by atoms with Crippen molar-refractivity contribution in [2.45, 2.75) is 20.5 Å². The van der Waals surface area contributed by atoms with Crippen molar-refractivity contribution < 1.29 is 19.0 Å². The van der Waals surface area contributed by atoms with E-state index >= 15 is 0 Å². The summed E-state index contributed by atoms with van der Waals surface area (Å²) in [5.41, 5.74) is 3.80. The zero-order valence-electron chi connectivity index (χ0n) is 19.6. The summed E-state index contributed by atoms with van der Waals surface area (Å²) in [5.74, 6) is 1.79. The van der Waals surface area contributed by atoms with Gasteiger partial charge in [-0.05, 0) is 95.1 Å². The lowest BCUT2D eigenvalue weighted by molar-refractivity contribution is -0.115. The number of nitrogens with one attached hydrogen (secondary N) is 1. The molecule has 6 nitrogen and oxygen atoms in total. The Morgan fingerprint density at radius 2 is 1.89 bits per heavy atom. The van der Waals surface area contributed by atoms with Crippen LogP contribution in [0.2, 0.25) is 0 Å². The van der Waals surface area contributed by atoms with E-state index in [9.17, 15) is 4.79 Å². The smallest absolute Gasteiger partial charge is 0.264 e. The summed E-state index contributed by atoms with van der Waals surface area (Å²) in [5, 5.41) is 3.34. The zero-order chi connectivity index (χ0) is 24.8. The van der Waals surface area contributed by atoms with Crippen LogP contribution in [0, 0.1) is 6.92 Å². The number of carbonyl (C=O) groups excluding carboxylic acids is 1. The number of amidine groups is 1. The van der Waals surface area contributed by atoms with Gasteiger partial charge in [0.15, 0.2) is 16.7 Å². The maximum absolute atomic E-state index is 12.6. The maximum atomic E-state index is 12.6. The maximum Gasteiger partial charge on any atom is 0.264 e. The summed E-state index contributed by atoms with van der Waals surface area (Å²) >= 11 is 4.90. The molecule has 1 fully saturated rings. The van der Waals surface area contributed by atoms with Gasteiger partial charge in [0, 0.05) is 0 Å². The molecule has 0 atom stereocenters. The van der Waals surface area contributed by atoms with Crippen LogP contribution in [-0.2, 0) is 11.4 Å². The van der Waals surface area contributed by atoms with E-state index in [-0.39, 0.29) is 5.91 Å². The second kappa shape index (κ2) is 11.5. The number of hydrogen-bond acceptors (Lipinski definition) is 6. The van der Waals surface area contributed by atoms with Gasteiger partial charge in [0.05, 0.1) is 28.8 Å². The van der Waals surface area contributed by atoms with Crippen LogP contribution in [0.5, 0.6) is 17.2 Å². The van der Waals surface area contributed by atoms with E-state index in [4.69, 9.17) is 14.2 Å². The number of rotatable bonds is 8. The summed E-state index contributed by atoms with van der Waals surface area (Å²) in [6.45, 7) is 4.88. The Balaban J connectivity index is 1.54. The standard InChI is InChI=1S/C27H25BrN2O4S/c1-4-33-23-14-19(13-22(28)25(23)34-16-18-7-5-6-17(2)12-18)15-24-26(31)30-27(35-24)29-20-8-10-21(32-3)11-9-20/h5-15H,4,16H2,1-3H3,(H,29,30,31)/b24-15+. The van der Waals surface area contributed by atoms with Crippen LogP contribution in [0.1, 0.15) is 23.6 Å². The minimum Gasteiger partial charge on any atom is -0.497 e. The molecule has 0 aromatic heterocycles. The number of ether oxygens (including phenoxy) is 3. The summed E-state index contributed by atoms with van der Waals surface area (Å²) < 4.78 is 17.9. The van der Waals surface area contributed by atoms with Gasteiger partial charge >= 0.3 is 0 Å². The quantitative estimate of drug-likeness (QED) is 0.317. The number of aryl methyl sites for hydroxylation is 1. The van der Waals surface area contributed by atoms with Crippen LogP contribution in [-0.4, -0.2) is 24.8 Å². The first-order valence-electron chi connectivity index (χ1n) is 11.0. The number of halogens is 1. The van der Waals surface area contributed by atoms with Gasteiger partial charge in [-0.2, -0.15) is 0 Å². The highest BCUT2D eigenvalue weighted by Crippen LogP contribution is 2.39. The highest BCUT2D eigenvalue weighted by atomic mass is 79.9. The van der Waals surface area contributed by atoms with Crippen molar-refractivity contribution in [1.82, 2.24) is 5.32 Å². The Bertz CT molecular complexity index is 1290. The van der Waals surface area contributed by atoms with Crippen molar-refractivity contribution in [2.24, 2.45) is 4.99 Å². The lowest BCUT2D eigenvalue weighted by Crippen LogP contribution is -2.19. The van der Waals surface area contributed by atoms with Crippen LogP contribution in [0.4, 0.5) is 5.69 Å². The van der Waals surface area contributed by atoms with E-state index in [1.165, 1.54) is 17.3 Å². The molecule has 1 aliphatic heterocycles. The minimum absolute atomic E-state index is 0.198. The summed E-state index contributed by atoms with van der Waals surface area (Å²) in [7, 11) is 1.61. The lowest BCUT2D eigenvalue weighted by Gasteiger charge is -2.15. The molecule has 4 rings (SSSR count). The average molecular weight is 553 g/mol. The summed E-state index contributed by atoms with van der Waals surface area (Å²) in [6.07, 6.45) is 1.81. The van der Waals surface area contributed by atoms with E-state index in [1.807, 2.05) is 61.5 Å². The molecule has 1 N–H and O–H groups in total. The minimum atomic E-state index is -0.198. The molecule has 0 spiro atoms. The Morgan fingerprint density at radius 1 is 1.09 bits per heavy atom. The molecule has 35 heavy (non-hydrogen) atoms. The Morgan fingerprint density at radius 3 is 2.60 bits per heavy atom. The highest BCUT2D eigenvalue weighted by molar-refractivity contribution is 9.10. The SMILES string of the molecule is CCOc1cc(/C=C2/SC(=Nc3ccc(OC)cc3)NC2=O)cc(Br)c1OCc1cccc(C)c1. The molecule has 0 radical (unpaired) electrons. The van der Waals surface area contributed by atoms with Crippen molar-refractivity contribution in [3.8, 4) is 17.2 Å².